The molecule has 1 aliphatic carbocycles. The molecule has 0 bridgehead atoms. The summed E-state index contributed by atoms with van der Waals surface area (Å²) in [7, 11) is 1.92. The standard InChI is InChI=1S/C24H27F2N7O/c1-14-7-19(25)18(24(34)29-16-3-4-16)9-23(14)33-13-22(30-31-33)15-8-17(11-27-10-15)28-21-5-6-32(2)12-20(21)26/h7-11,13,16,20-21,28H,3-6,12H2,1-2H3,(H,29,34)/t20-,21+/m1/s1. The Hall–Kier alpha value is -3.40. The molecule has 2 aliphatic rings. The molecule has 5 rings (SSSR count). The fourth-order valence-corrected chi connectivity index (χ4v) is 4.18. The van der Waals surface area contributed by atoms with Crippen LogP contribution < -0.4 is 10.6 Å². The van der Waals surface area contributed by atoms with Crippen molar-refractivity contribution in [3.63, 3.8) is 0 Å². The average molecular weight is 468 g/mol. The number of pyridine rings is 1. The van der Waals surface area contributed by atoms with Crippen molar-refractivity contribution in [1.82, 2.24) is 30.2 Å². The first-order valence-electron chi connectivity index (χ1n) is 11.5. The smallest absolute Gasteiger partial charge is 0.254 e. The van der Waals surface area contributed by atoms with Gasteiger partial charge in [0.25, 0.3) is 5.91 Å². The van der Waals surface area contributed by atoms with Crippen LogP contribution in [0.2, 0.25) is 0 Å². The molecule has 10 heteroatoms. The molecule has 3 aromatic rings. The Morgan fingerprint density at radius 1 is 1.18 bits per heavy atom. The van der Waals surface area contributed by atoms with Crippen molar-refractivity contribution in [3.8, 4) is 16.9 Å². The minimum Gasteiger partial charge on any atom is -0.378 e. The fraction of sp³-hybridized carbons (Fsp3) is 0.417. The van der Waals surface area contributed by atoms with Crippen LogP contribution in [0.1, 0.15) is 35.2 Å². The lowest BCUT2D eigenvalue weighted by molar-refractivity contribution is 0.0947. The number of anilines is 1. The van der Waals surface area contributed by atoms with E-state index in [4.69, 9.17) is 0 Å². The van der Waals surface area contributed by atoms with E-state index < -0.39 is 17.9 Å². The lowest BCUT2D eigenvalue weighted by atomic mass is 10.0. The number of hydrogen-bond donors (Lipinski definition) is 2. The molecular weight excluding hydrogens is 440 g/mol. The van der Waals surface area contributed by atoms with Crippen molar-refractivity contribution >= 4 is 11.6 Å². The van der Waals surface area contributed by atoms with Crippen LogP contribution in [0.15, 0.2) is 36.8 Å². The van der Waals surface area contributed by atoms with Gasteiger partial charge in [0, 0.05) is 37.1 Å². The van der Waals surface area contributed by atoms with E-state index in [1.165, 1.54) is 16.8 Å². The molecule has 8 nitrogen and oxygen atoms in total. The maximum absolute atomic E-state index is 14.5. The Morgan fingerprint density at radius 3 is 2.76 bits per heavy atom. The number of nitrogens with one attached hydrogen (secondary N) is 2. The highest BCUT2D eigenvalue weighted by Crippen LogP contribution is 2.26. The number of aryl methyl sites for hydroxylation is 1. The Kier molecular flexibility index (Phi) is 5.99. The van der Waals surface area contributed by atoms with Crippen LogP contribution in [0.4, 0.5) is 14.5 Å². The maximum atomic E-state index is 14.5. The predicted octanol–water partition coefficient (Wildman–Crippen LogP) is 3.12. The molecule has 2 atom stereocenters. The first-order chi connectivity index (χ1) is 16.4. The quantitative estimate of drug-likeness (QED) is 0.579. The summed E-state index contributed by atoms with van der Waals surface area (Å²) in [4.78, 5) is 18.7. The number of aromatic nitrogens is 4. The van der Waals surface area contributed by atoms with Gasteiger partial charge in [0.2, 0.25) is 0 Å². The van der Waals surface area contributed by atoms with Gasteiger partial charge in [-0.3, -0.25) is 9.78 Å². The van der Waals surface area contributed by atoms with E-state index in [-0.39, 0.29) is 17.6 Å². The SMILES string of the molecule is Cc1cc(F)c(C(=O)NC2CC2)cc1-n1cc(-c2cncc(N[C@H]3CCN(C)C[C@H]3F)c2)nn1. The molecule has 2 N–H and O–H groups in total. The number of carbonyl (C=O) groups is 1. The highest BCUT2D eigenvalue weighted by atomic mass is 19.1. The highest BCUT2D eigenvalue weighted by molar-refractivity contribution is 5.95. The van der Waals surface area contributed by atoms with E-state index >= 15 is 0 Å². The summed E-state index contributed by atoms with van der Waals surface area (Å²) >= 11 is 0. The molecule has 0 unspecified atom stereocenters. The molecule has 0 radical (unpaired) electrons. The van der Waals surface area contributed by atoms with Gasteiger partial charge in [-0.2, -0.15) is 0 Å². The summed E-state index contributed by atoms with van der Waals surface area (Å²) in [6.07, 6.45) is 6.61. The number of halogens is 2. The number of benzene rings is 1. The number of rotatable bonds is 6. The number of alkyl halides is 1. The van der Waals surface area contributed by atoms with Crippen molar-refractivity contribution < 1.29 is 13.6 Å². The van der Waals surface area contributed by atoms with Gasteiger partial charge in [0.15, 0.2) is 0 Å². The van der Waals surface area contributed by atoms with Crippen LogP contribution in [0.5, 0.6) is 0 Å². The van der Waals surface area contributed by atoms with Crippen molar-refractivity contribution in [3.05, 3.63) is 53.7 Å². The highest BCUT2D eigenvalue weighted by Gasteiger charge is 2.28. The maximum Gasteiger partial charge on any atom is 0.254 e. The number of hydrogen-bond acceptors (Lipinski definition) is 6. The van der Waals surface area contributed by atoms with E-state index in [2.05, 4.69) is 25.9 Å². The molecule has 1 aliphatic heterocycles. The minimum atomic E-state index is -0.962. The first kappa shape index (κ1) is 22.4. The monoisotopic (exact) mass is 467 g/mol. The van der Waals surface area contributed by atoms with Gasteiger partial charge in [-0.05, 0) is 57.0 Å². The number of piperidine rings is 1. The van der Waals surface area contributed by atoms with E-state index in [1.807, 2.05) is 18.0 Å². The molecule has 3 heterocycles. The molecule has 2 aromatic heterocycles. The second-order valence-corrected chi connectivity index (χ2v) is 9.19. The third kappa shape index (κ3) is 4.77. The molecular formula is C24H27F2N7O. The van der Waals surface area contributed by atoms with Crippen LogP contribution in [-0.4, -0.2) is 69.2 Å². The molecule has 178 valence electrons. The average Bonchev–Trinajstić information content (AvgIpc) is 3.48. The third-order valence-electron chi connectivity index (χ3n) is 6.31. The van der Waals surface area contributed by atoms with Crippen LogP contribution in [0.3, 0.4) is 0 Å². The molecule has 1 amide bonds. The van der Waals surface area contributed by atoms with Gasteiger partial charge in [-0.15, -0.1) is 5.10 Å². The normalized spacial score (nSPS) is 20.8. The zero-order valence-corrected chi connectivity index (χ0v) is 19.1. The van der Waals surface area contributed by atoms with Crippen LogP contribution in [0, 0.1) is 12.7 Å². The zero-order valence-electron chi connectivity index (χ0n) is 19.1. The lowest BCUT2D eigenvalue weighted by Gasteiger charge is -2.33. The lowest BCUT2D eigenvalue weighted by Crippen LogP contribution is -2.46. The van der Waals surface area contributed by atoms with Gasteiger partial charge in [-0.25, -0.2) is 13.5 Å². The Morgan fingerprint density at radius 2 is 2.00 bits per heavy atom. The number of amides is 1. The van der Waals surface area contributed by atoms with Gasteiger partial charge in [-0.1, -0.05) is 5.21 Å². The molecule has 1 aromatic carbocycles. The predicted molar refractivity (Wildman–Crippen MR) is 124 cm³/mol. The van der Waals surface area contributed by atoms with E-state index in [9.17, 15) is 13.6 Å². The Labute approximate surface area is 196 Å². The van der Waals surface area contributed by atoms with Crippen molar-refractivity contribution in [2.24, 2.45) is 0 Å². The zero-order chi connectivity index (χ0) is 23.8. The van der Waals surface area contributed by atoms with Gasteiger partial charge in [0.1, 0.15) is 17.7 Å². The first-order valence-corrected chi connectivity index (χ1v) is 11.5. The summed E-state index contributed by atoms with van der Waals surface area (Å²) in [5.74, 6) is -0.993. The molecule has 34 heavy (non-hydrogen) atoms. The number of carbonyl (C=O) groups excluding carboxylic acids is 1. The summed E-state index contributed by atoms with van der Waals surface area (Å²) in [6.45, 7) is 2.98. The fourth-order valence-electron chi connectivity index (χ4n) is 4.18. The van der Waals surface area contributed by atoms with Crippen molar-refractivity contribution in [1.29, 1.82) is 0 Å². The summed E-state index contributed by atoms with van der Waals surface area (Å²) in [5.41, 5.74) is 3.16. The molecule has 2 fully saturated rings. The molecule has 0 spiro atoms. The molecule has 1 saturated heterocycles. The van der Waals surface area contributed by atoms with Crippen LogP contribution >= 0.6 is 0 Å². The van der Waals surface area contributed by atoms with Gasteiger partial charge >= 0.3 is 0 Å². The largest absolute Gasteiger partial charge is 0.378 e. The number of likely N-dealkylation sites (tertiary alicyclic amines) is 1. The van der Waals surface area contributed by atoms with Crippen LogP contribution in [-0.2, 0) is 0 Å². The summed E-state index contributed by atoms with van der Waals surface area (Å²) in [5, 5.41) is 14.5. The second-order valence-electron chi connectivity index (χ2n) is 9.19. The van der Waals surface area contributed by atoms with Crippen molar-refractivity contribution in [2.75, 3.05) is 25.5 Å². The second kappa shape index (κ2) is 9.09. The number of nitrogens with zero attached hydrogens (tertiary/aromatic N) is 5. The third-order valence-corrected chi connectivity index (χ3v) is 6.31. The van der Waals surface area contributed by atoms with Gasteiger partial charge in [0.05, 0.1) is 29.2 Å². The topological polar surface area (TPSA) is 88.0 Å². The Bertz CT molecular complexity index is 1210. The van der Waals surface area contributed by atoms with Crippen molar-refractivity contribution in [2.45, 2.75) is 44.4 Å². The Balaban J connectivity index is 1.37. The van der Waals surface area contributed by atoms with E-state index in [0.717, 1.165) is 19.4 Å². The van der Waals surface area contributed by atoms with E-state index in [1.54, 1.807) is 25.5 Å². The summed E-state index contributed by atoms with van der Waals surface area (Å²) in [6, 6.07) is 4.55. The van der Waals surface area contributed by atoms with E-state index in [0.29, 0.717) is 41.2 Å². The van der Waals surface area contributed by atoms with Gasteiger partial charge < -0.3 is 15.5 Å². The molecule has 1 saturated carbocycles. The minimum absolute atomic E-state index is 0.0173. The van der Waals surface area contributed by atoms with Crippen LogP contribution in [0.25, 0.3) is 16.9 Å². The summed E-state index contributed by atoms with van der Waals surface area (Å²) < 4.78 is 30.4.